The van der Waals surface area contributed by atoms with Crippen LogP contribution in [0.2, 0.25) is 5.02 Å². The maximum Gasteiger partial charge on any atom is 0.343 e. The van der Waals surface area contributed by atoms with Crippen LogP contribution in [0, 0.1) is 18.3 Å². The Bertz CT molecular complexity index is 915. The highest BCUT2D eigenvalue weighted by atomic mass is 35.5. The monoisotopic (exact) mass is 384 g/mol. The van der Waals surface area contributed by atoms with Gasteiger partial charge >= 0.3 is 5.97 Å². The number of aryl methyl sites for hydroxylation is 1. The zero-order valence-electron chi connectivity index (χ0n) is 14.8. The number of amides is 1. The Labute approximate surface area is 162 Å². The Morgan fingerprint density at radius 2 is 1.93 bits per heavy atom. The molecule has 1 amide bonds. The number of ether oxygens (including phenoxy) is 2. The Kier molecular flexibility index (Phi) is 6.98. The smallest absolute Gasteiger partial charge is 0.343 e. The number of rotatable bonds is 6. The first-order chi connectivity index (χ1) is 12.9. The Morgan fingerprint density at radius 1 is 1.22 bits per heavy atom. The molecule has 7 heteroatoms. The molecule has 0 fully saturated rings. The number of methoxy groups -OCH3 is 1. The third-order valence-corrected chi connectivity index (χ3v) is 3.82. The molecule has 0 unspecified atom stereocenters. The van der Waals surface area contributed by atoms with Crippen LogP contribution in [0.5, 0.6) is 5.75 Å². The standard InChI is InChI=1S/C20H17ClN2O4/c1-13-3-6-16(21)10-18(13)23-20(25)15(11-22)9-14-4-7-17(8-5-14)27-12-19(24)26-2/h3-10H,12H2,1-2H3,(H,23,25)/b15-9+. The van der Waals surface area contributed by atoms with Gasteiger partial charge in [0.05, 0.1) is 7.11 Å². The molecule has 0 bridgehead atoms. The first kappa shape index (κ1) is 20.0. The van der Waals surface area contributed by atoms with E-state index in [1.54, 1.807) is 42.5 Å². The third kappa shape index (κ3) is 5.87. The van der Waals surface area contributed by atoms with Crippen LogP contribution in [-0.2, 0) is 14.3 Å². The maximum atomic E-state index is 12.4. The van der Waals surface area contributed by atoms with Gasteiger partial charge in [-0.2, -0.15) is 5.26 Å². The van der Waals surface area contributed by atoms with Crippen molar-refractivity contribution in [2.45, 2.75) is 6.92 Å². The molecule has 27 heavy (non-hydrogen) atoms. The highest BCUT2D eigenvalue weighted by Crippen LogP contribution is 2.21. The van der Waals surface area contributed by atoms with Gasteiger partial charge in [0.1, 0.15) is 17.4 Å². The lowest BCUT2D eigenvalue weighted by molar-refractivity contribution is -0.142. The number of nitriles is 1. The average molecular weight is 385 g/mol. The zero-order valence-corrected chi connectivity index (χ0v) is 15.5. The van der Waals surface area contributed by atoms with E-state index >= 15 is 0 Å². The predicted molar refractivity (Wildman–Crippen MR) is 102 cm³/mol. The van der Waals surface area contributed by atoms with E-state index in [0.717, 1.165) is 5.56 Å². The minimum Gasteiger partial charge on any atom is -0.482 e. The van der Waals surface area contributed by atoms with Gasteiger partial charge in [-0.15, -0.1) is 0 Å². The van der Waals surface area contributed by atoms with Gasteiger partial charge < -0.3 is 14.8 Å². The van der Waals surface area contributed by atoms with Crippen LogP contribution in [0.25, 0.3) is 6.08 Å². The van der Waals surface area contributed by atoms with Crippen LogP contribution in [0.1, 0.15) is 11.1 Å². The second-order valence-electron chi connectivity index (χ2n) is 5.52. The molecule has 0 aliphatic rings. The average Bonchev–Trinajstić information content (AvgIpc) is 2.67. The number of hydrogen-bond donors (Lipinski definition) is 1. The van der Waals surface area contributed by atoms with Crippen LogP contribution in [0.4, 0.5) is 5.69 Å². The van der Waals surface area contributed by atoms with Crippen molar-refractivity contribution in [2.24, 2.45) is 0 Å². The van der Waals surface area contributed by atoms with Crippen molar-refractivity contribution in [3.05, 3.63) is 64.2 Å². The lowest BCUT2D eigenvalue weighted by atomic mass is 10.1. The van der Waals surface area contributed by atoms with Gasteiger partial charge in [-0.25, -0.2) is 4.79 Å². The van der Waals surface area contributed by atoms with Crippen LogP contribution in [-0.4, -0.2) is 25.6 Å². The number of nitrogens with one attached hydrogen (secondary N) is 1. The van der Waals surface area contributed by atoms with Gasteiger partial charge in [0, 0.05) is 10.7 Å². The number of benzene rings is 2. The van der Waals surface area contributed by atoms with E-state index in [0.29, 0.717) is 22.0 Å². The summed E-state index contributed by atoms with van der Waals surface area (Å²) in [6.07, 6.45) is 1.46. The Morgan fingerprint density at radius 3 is 2.56 bits per heavy atom. The Balaban J connectivity index is 2.10. The molecule has 0 saturated carbocycles. The summed E-state index contributed by atoms with van der Waals surface area (Å²) in [5, 5.41) is 12.5. The van der Waals surface area contributed by atoms with E-state index in [4.69, 9.17) is 16.3 Å². The molecule has 0 atom stereocenters. The minimum atomic E-state index is -0.533. The molecule has 0 heterocycles. The zero-order chi connectivity index (χ0) is 19.8. The summed E-state index contributed by atoms with van der Waals surface area (Å²) >= 11 is 5.94. The first-order valence-electron chi connectivity index (χ1n) is 7.92. The summed E-state index contributed by atoms with van der Waals surface area (Å²) in [6.45, 7) is 1.63. The molecule has 2 rings (SSSR count). The SMILES string of the molecule is COC(=O)COc1ccc(/C=C(\C#N)C(=O)Nc2cc(Cl)ccc2C)cc1. The molecular weight excluding hydrogens is 368 g/mol. The molecule has 2 aromatic rings. The summed E-state index contributed by atoms with van der Waals surface area (Å²) < 4.78 is 9.74. The number of carbonyl (C=O) groups is 2. The summed E-state index contributed by atoms with van der Waals surface area (Å²) in [5.74, 6) is -0.553. The molecule has 0 aliphatic carbocycles. The van der Waals surface area contributed by atoms with Gasteiger partial charge in [-0.1, -0.05) is 29.8 Å². The fourth-order valence-electron chi connectivity index (χ4n) is 2.10. The molecule has 0 radical (unpaired) electrons. The van der Waals surface area contributed by atoms with E-state index in [1.165, 1.54) is 13.2 Å². The van der Waals surface area contributed by atoms with Crippen molar-refractivity contribution in [3.63, 3.8) is 0 Å². The quantitative estimate of drug-likeness (QED) is 0.465. The number of halogens is 1. The number of carbonyl (C=O) groups excluding carboxylic acids is 2. The Hall–Kier alpha value is -3.30. The van der Waals surface area contributed by atoms with E-state index in [2.05, 4.69) is 10.1 Å². The summed E-state index contributed by atoms with van der Waals surface area (Å²) in [5.41, 5.74) is 1.95. The maximum absolute atomic E-state index is 12.4. The predicted octanol–water partition coefficient (Wildman–Crippen LogP) is 3.75. The minimum absolute atomic E-state index is 0.0578. The molecule has 0 aliphatic heterocycles. The lowest BCUT2D eigenvalue weighted by Crippen LogP contribution is -2.14. The summed E-state index contributed by atoms with van der Waals surface area (Å²) in [4.78, 5) is 23.4. The van der Waals surface area contributed by atoms with Crippen molar-refractivity contribution >= 4 is 35.2 Å². The van der Waals surface area contributed by atoms with Crippen molar-refractivity contribution in [1.82, 2.24) is 0 Å². The molecule has 0 spiro atoms. The van der Waals surface area contributed by atoms with Crippen LogP contribution < -0.4 is 10.1 Å². The fourth-order valence-corrected chi connectivity index (χ4v) is 2.27. The van der Waals surface area contributed by atoms with Crippen LogP contribution in [0.3, 0.4) is 0 Å². The lowest BCUT2D eigenvalue weighted by Gasteiger charge is -2.08. The third-order valence-electron chi connectivity index (χ3n) is 3.59. The highest BCUT2D eigenvalue weighted by Gasteiger charge is 2.11. The molecular formula is C20H17ClN2O4. The van der Waals surface area contributed by atoms with Gasteiger partial charge in [0.25, 0.3) is 5.91 Å². The number of anilines is 1. The van der Waals surface area contributed by atoms with Crippen LogP contribution in [0.15, 0.2) is 48.0 Å². The summed E-state index contributed by atoms with van der Waals surface area (Å²) in [6, 6.07) is 13.6. The van der Waals surface area contributed by atoms with E-state index in [9.17, 15) is 14.9 Å². The second kappa shape index (κ2) is 9.41. The number of nitrogens with zero attached hydrogens (tertiary/aromatic N) is 1. The molecule has 1 N–H and O–H groups in total. The normalized spacial score (nSPS) is 10.7. The van der Waals surface area contributed by atoms with Gasteiger partial charge in [-0.05, 0) is 48.4 Å². The fraction of sp³-hybridized carbons (Fsp3) is 0.150. The number of hydrogen-bond acceptors (Lipinski definition) is 5. The topological polar surface area (TPSA) is 88.4 Å². The van der Waals surface area contributed by atoms with Crippen molar-refractivity contribution < 1.29 is 19.1 Å². The van der Waals surface area contributed by atoms with Crippen molar-refractivity contribution in [2.75, 3.05) is 19.0 Å². The molecule has 0 saturated heterocycles. The number of esters is 1. The second-order valence-corrected chi connectivity index (χ2v) is 5.95. The van der Waals surface area contributed by atoms with Crippen LogP contribution >= 0.6 is 11.6 Å². The molecule has 6 nitrogen and oxygen atoms in total. The highest BCUT2D eigenvalue weighted by molar-refractivity contribution is 6.31. The largest absolute Gasteiger partial charge is 0.482 e. The van der Waals surface area contributed by atoms with E-state index in [1.807, 2.05) is 13.0 Å². The van der Waals surface area contributed by atoms with Gasteiger partial charge in [0.2, 0.25) is 0 Å². The molecule has 0 aromatic heterocycles. The van der Waals surface area contributed by atoms with Gasteiger partial charge in [-0.3, -0.25) is 4.79 Å². The van der Waals surface area contributed by atoms with Crippen molar-refractivity contribution in [3.8, 4) is 11.8 Å². The van der Waals surface area contributed by atoms with E-state index < -0.39 is 11.9 Å². The summed E-state index contributed by atoms with van der Waals surface area (Å²) in [7, 11) is 1.28. The molecule has 2 aromatic carbocycles. The van der Waals surface area contributed by atoms with Crippen molar-refractivity contribution in [1.29, 1.82) is 5.26 Å². The first-order valence-corrected chi connectivity index (χ1v) is 8.29. The molecule has 138 valence electrons. The van der Waals surface area contributed by atoms with Gasteiger partial charge in [0.15, 0.2) is 6.61 Å². The van der Waals surface area contributed by atoms with E-state index in [-0.39, 0.29) is 12.2 Å².